The number of aryl methyl sites for hydroxylation is 1. The molecule has 4 rings (SSSR count). The first-order valence-corrected chi connectivity index (χ1v) is 12.6. The van der Waals surface area contributed by atoms with E-state index in [1.807, 2.05) is 25.1 Å². The highest BCUT2D eigenvalue weighted by molar-refractivity contribution is 9.10. The summed E-state index contributed by atoms with van der Waals surface area (Å²) < 4.78 is 40.2. The van der Waals surface area contributed by atoms with Crippen LogP contribution in [-0.2, 0) is 14.8 Å². The fourth-order valence-electron chi connectivity index (χ4n) is 3.34. The van der Waals surface area contributed by atoms with Gasteiger partial charge in [-0.15, -0.1) is 0 Å². The number of rotatable bonds is 7. The first kappa shape index (κ1) is 23.1. The molecule has 0 spiro atoms. The molecule has 1 aliphatic rings. The highest BCUT2D eigenvalue weighted by Gasteiger charge is 2.28. The van der Waals surface area contributed by atoms with Crippen molar-refractivity contribution in [1.29, 1.82) is 0 Å². The van der Waals surface area contributed by atoms with Gasteiger partial charge < -0.3 is 14.8 Å². The molecule has 33 heavy (non-hydrogen) atoms. The van der Waals surface area contributed by atoms with Crippen LogP contribution in [-0.4, -0.2) is 40.1 Å². The van der Waals surface area contributed by atoms with Crippen molar-refractivity contribution < 1.29 is 22.7 Å². The van der Waals surface area contributed by atoms with Crippen molar-refractivity contribution in [2.75, 3.05) is 24.0 Å². The van der Waals surface area contributed by atoms with Gasteiger partial charge >= 0.3 is 0 Å². The first-order valence-electron chi connectivity index (χ1n) is 10.3. The van der Waals surface area contributed by atoms with Gasteiger partial charge in [-0.05, 0) is 55.5 Å². The lowest BCUT2D eigenvalue weighted by molar-refractivity contribution is -0.120. The number of sulfonamides is 1. The summed E-state index contributed by atoms with van der Waals surface area (Å²) in [6.45, 7) is 1.98. The molecule has 0 unspecified atom stereocenters. The minimum Gasteiger partial charge on any atom is -0.486 e. The van der Waals surface area contributed by atoms with Gasteiger partial charge in [-0.3, -0.25) is 9.10 Å². The summed E-state index contributed by atoms with van der Waals surface area (Å²) in [4.78, 5) is 12.9. The predicted molar refractivity (Wildman–Crippen MR) is 129 cm³/mol. The lowest BCUT2D eigenvalue weighted by atomic mass is 10.2. The van der Waals surface area contributed by atoms with E-state index in [4.69, 9.17) is 9.47 Å². The van der Waals surface area contributed by atoms with E-state index in [9.17, 15) is 13.2 Å². The Kier molecular flexibility index (Phi) is 6.90. The summed E-state index contributed by atoms with van der Waals surface area (Å²) in [6, 6.07) is 20.6. The maximum atomic E-state index is 13.4. The molecular formula is C24H23BrN2O5S. The average molecular weight is 531 g/mol. The van der Waals surface area contributed by atoms with E-state index in [2.05, 4.69) is 21.2 Å². The summed E-state index contributed by atoms with van der Waals surface area (Å²) >= 11 is 3.36. The van der Waals surface area contributed by atoms with Crippen LogP contribution in [0.4, 0.5) is 5.69 Å². The molecule has 9 heteroatoms. The summed E-state index contributed by atoms with van der Waals surface area (Å²) in [6.07, 6.45) is -0.376. The van der Waals surface area contributed by atoms with Crippen LogP contribution in [0.5, 0.6) is 11.5 Å². The number of ether oxygens (including phenoxy) is 2. The molecule has 3 aromatic carbocycles. The van der Waals surface area contributed by atoms with Crippen molar-refractivity contribution in [1.82, 2.24) is 5.32 Å². The molecule has 0 saturated carbocycles. The second-order valence-electron chi connectivity index (χ2n) is 7.60. The topological polar surface area (TPSA) is 84.9 Å². The third-order valence-electron chi connectivity index (χ3n) is 5.11. The van der Waals surface area contributed by atoms with Crippen LogP contribution in [0.2, 0.25) is 0 Å². The number of para-hydroxylation sites is 2. The van der Waals surface area contributed by atoms with Crippen LogP contribution >= 0.6 is 15.9 Å². The number of fused-ring (bicyclic) bond motifs is 1. The number of amides is 1. The van der Waals surface area contributed by atoms with Crippen LogP contribution in [0, 0.1) is 6.92 Å². The van der Waals surface area contributed by atoms with Crippen LogP contribution in [0.15, 0.2) is 82.2 Å². The highest BCUT2D eigenvalue weighted by Crippen LogP contribution is 2.30. The largest absolute Gasteiger partial charge is 0.486 e. The van der Waals surface area contributed by atoms with Crippen LogP contribution < -0.4 is 19.1 Å². The molecule has 0 fully saturated rings. The average Bonchev–Trinajstić information content (AvgIpc) is 2.82. The maximum Gasteiger partial charge on any atom is 0.264 e. The van der Waals surface area contributed by atoms with E-state index in [-0.39, 0.29) is 30.7 Å². The van der Waals surface area contributed by atoms with Crippen LogP contribution in [0.25, 0.3) is 0 Å². The van der Waals surface area contributed by atoms with Gasteiger partial charge in [0.15, 0.2) is 11.5 Å². The summed E-state index contributed by atoms with van der Waals surface area (Å²) in [7, 11) is -3.96. The zero-order valence-electron chi connectivity index (χ0n) is 17.9. The Morgan fingerprint density at radius 3 is 2.39 bits per heavy atom. The molecule has 0 radical (unpaired) electrons. The van der Waals surface area contributed by atoms with Crippen molar-refractivity contribution in [3.05, 3.63) is 82.8 Å². The fourth-order valence-corrected chi connectivity index (χ4v) is 5.02. The van der Waals surface area contributed by atoms with Gasteiger partial charge in [0, 0.05) is 4.47 Å². The third kappa shape index (κ3) is 5.48. The fraction of sp³-hybridized carbons (Fsp3) is 0.208. The zero-order chi connectivity index (χ0) is 23.4. The number of hydrogen-bond acceptors (Lipinski definition) is 5. The Morgan fingerprint density at radius 2 is 1.70 bits per heavy atom. The first-order chi connectivity index (χ1) is 15.8. The summed E-state index contributed by atoms with van der Waals surface area (Å²) in [5.41, 5.74) is 1.33. The second-order valence-corrected chi connectivity index (χ2v) is 10.4. The van der Waals surface area contributed by atoms with Gasteiger partial charge in [-0.25, -0.2) is 8.42 Å². The number of carbonyl (C=O) groups excluding carboxylic acids is 1. The van der Waals surface area contributed by atoms with Gasteiger partial charge in [-0.2, -0.15) is 0 Å². The molecule has 172 valence electrons. The van der Waals surface area contributed by atoms with E-state index in [1.165, 1.54) is 0 Å². The highest BCUT2D eigenvalue weighted by atomic mass is 79.9. The van der Waals surface area contributed by atoms with Crippen LogP contribution in [0.3, 0.4) is 0 Å². The molecule has 3 aromatic rings. The number of benzene rings is 3. The molecule has 0 bridgehead atoms. The molecule has 1 heterocycles. The predicted octanol–water partition coefficient (Wildman–Crippen LogP) is 3.91. The van der Waals surface area contributed by atoms with Gasteiger partial charge in [-0.1, -0.05) is 45.8 Å². The third-order valence-corrected chi connectivity index (χ3v) is 7.42. The quantitative estimate of drug-likeness (QED) is 0.500. The minimum atomic E-state index is -3.96. The van der Waals surface area contributed by atoms with Gasteiger partial charge in [0.2, 0.25) is 5.91 Å². The Balaban J connectivity index is 1.49. The van der Waals surface area contributed by atoms with E-state index < -0.39 is 15.9 Å². The smallest absolute Gasteiger partial charge is 0.264 e. The summed E-state index contributed by atoms with van der Waals surface area (Å²) in [5.74, 6) is 0.822. The van der Waals surface area contributed by atoms with Crippen molar-refractivity contribution in [3.8, 4) is 11.5 Å². The monoisotopic (exact) mass is 530 g/mol. The molecule has 1 atom stereocenters. The number of nitrogens with zero attached hydrogens (tertiary/aromatic N) is 1. The van der Waals surface area contributed by atoms with Crippen LogP contribution in [0.1, 0.15) is 5.56 Å². The Morgan fingerprint density at radius 1 is 1.03 bits per heavy atom. The van der Waals surface area contributed by atoms with Gasteiger partial charge in [0.25, 0.3) is 10.0 Å². The van der Waals surface area contributed by atoms with Gasteiger partial charge in [0.05, 0.1) is 17.1 Å². The molecule has 1 amide bonds. The minimum absolute atomic E-state index is 0.115. The molecule has 7 nitrogen and oxygen atoms in total. The summed E-state index contributed by atoms with van der Waals surface area (Å²) in [5, 5.41) is 2.77. The maximum absolute atomic E-state index is 13.4. The normalized spacial score (nSPS) is 15.0. The van der Waals surface area contributed by atoms with E-state index in [0.717, 1.165) is 14.3 Å². The van der Waals surface area contributed by atoms with E-state index in [1.54, 1.807) is 54.6 Å². The zero-order valence-corrected chi connectivity index (χ0v) is 20.3. The number of hydrogen-bond donors (Lipinski definition) is 1. The second kappa shape index (κ2) is 9.84. The molecule has 1 N–H and O–H groups in total. The Bertz CT molecular complexity index is 1230. The van der Waals surface area contributed by atoms with Gasteiger partial charge in [0.1, 0.15) is 19.3 Å². The number of carbonyl (C=O) groups is 1. The van der Waals surface area contributed by atoms with E-state index >= 15 is 0 Å². The molecule has 0 aromatic heterocycles. The van der Waals surface area contributed by atoms with Crippen molar-refractivity contribution in [2.24, 2.45) is 0 Å². The van der Waals surface area contributed by atoms with Crippen molar-refractivity contribution in [3.63, 3.8) is 0 Å². The number of nitrogens with one attached hydrogen (secondary N) is 1. The Hall–Kier alpha value is -3.04. The number of anilines is 1. The molecule has 0 saturated heterocycles. The number of halogens is 1. The van der Waals surface area contributed by atoms with Crippen molar-refractivity contribution in [2.45, 2.75) is 17.9 Å². The van der Waals surface area contributed by atoms with Crippen molar-refractivity contribution >= 4 is 37.5 Å². The molecular weight excluding hydrogens is 508 g/mol. The Labute approximate surface area is 201 Å². The lowest BCUT2D eigenvalue weighted by Crippen LogP contribution is -2.45. The molecule has 1 aliphatic heterocycles. The standard InChI is InChI=1S/C24H23BrN2O5S/c1-17-6-12-21(13-7-17)33(29,30)27(19-10-8-18(25)9-11-19)15-24(28)26-14-20-16-31-22-4-2-3-5-23(22)32-20/h2-13,20H,14-16H2,1H3,(H,26,28)/t20-/m0/s1. The lowest BCUT2D eigenvalue weighted by Gasteiger charge is -2.27. The SMILES string of the molecule is Cc1ccc(S(=O)(=O)N(CC(=O)NC[C@H]2COc3ccccc3O2)c2ccc(Br)cc2)cc1. The van der Waals surface area contributed by atoms with E-state index in [0.29, 0.717) is 17.2 Å². The molecule has 0 aliphatic carbocycles.